The molecule has 3 aliphatic heterocycles. The van der Waals surface area contributed by atoms with E-state index in [4.69, 9.17) is 0 Å². The average molecular weight is 160 g/mol. The van der Waals surface area contributed by atoms with Crippen LogP contribution >= 0.6 is 0 Å². The maximum absolute atomic E-state index is 2.32. The highest BCUT2D eigenvalue weighted by atomic mass is 15.1. The fraction of sp³-hybridized carbons (Fsp3) is 0.455. The summed E-state index contributed by atoms with van der Waals surface area (Å²) in [6.07, 6.45) is 2.82. The molecule has 1 aromatic carbocycles. The van der Waals surface area contributed by atoms with Gasteiger partial charge in [0.2, 0.25) is 0 Å². The van der Waals surface area contributed by atoms with E-state index in [1.54, 1.807) is 16.2 Å². The lowest BCUT2D eigenvalue weighted by Crippen LogP contribution is -3.09. The second kappa shape index (κ2) is 2.33. The molecule has 3 aliphatic rings. The molecule has 0 aromatic heterocycles. The molecule has 2 bridgehead atoms. The number of hydrogen-bond donors (Lipinski definition) is 1. The lowest BCUT2D eigenvalue weighted by Gasteiger charge is -2.37. The predicted molar refractivity (Wildman–Crippen MR) is 48.8 cm³/mol. The van der Waals surface area contributed by atoms with Crippen LogP contribution in [-0.4, -0.2) is 13.1 Å². The monoisotopic (exact) mass is 160 g/mol. The van der Waals surface area contributed by atoms with E-state index in [-0.39, 0.29) is 0 Å². The van der Waals surface area contributed by atoms with E-state index >= 15 is 0 Å². The molecule has 1 aromatic rings. The molecule has 0 saturated carbocycles. The molecule has 1 heteroatoms. The summed E-state index contributed by atoms with van der Waals surface area (Å²) in [5.74, 6) is 0.888. The minimum atomic E-state index is 0.888. The van der Waals surface area contributed by atoms with Gasteiger partial charge in [-0.1, -0.05) is 18.2 Å². The summed E-state index contributed by atoms with van der Waals surface area (Å²) >= 11 is 0. The third-order valence-corrected chi connectivity index (χ3v) is 3.37. The third kappa shape index (κ3) is 0.774. The SMILES string of the molecule is c1ccc2c(c1)C1CC[NH+]2CC1. The van der Waals surface area contributed by atoms with Gasteiger partial charge in [0.25, 0.3) is 0 Å². The number of benzene rings is 1. The summed E-state index contributed by atoms with van der Waals surface area (Å²) in [6.45, 7) is 2.73. The van der Waals surface area contributed by atoms with E-state index in [1.807, 2.05) is 0 Å². The Labute approximate surface area is 73.0 Å². The summed E-state index contributed by atoms with van der Waals surface area (Å²) in [6, 6.07) is 8.97. The van der Waals surface area contributed by atoms with Crippen molar-refractivity contribution in [3.05, 3.63) is 29.8 Å². The van der Waals surface area contributed by atoms with Gasteiger partial charge in [0, 0.05) is 24.3 Å². The summed E-state index contributed by atoms with van der Waals surface area (Å²) in [5.41, 5.74) is 3.21. The molecule has 4 rings (SSSR count). The van der Waals surface area contributed by atoms with Gasteiger partial charge >= 0.3 is 0 Å². The van der Waals surface area contributed by atoms with E-state index in [9.17, 15) is 0 Å². The Hall–Kier alpha value is -0.820. The largest absolute Gasteiger partial charge is 0.302 e. The van der Waals surface area contributed by atoms with E-state index in [1.165, 1.54) is 25.9 Å². The Kier molecular flexibility index (Phi) is 1.30. The molecule has 0 amide bonds. The highest BCUT2D eigenvalue weighted by Crippen LogP contribution is 2.32. The predicted octanol–water partition coefficient (Wildman–Crippen LogP) is 1.09. The molecule has 1 fully saturated rings. The Morgan fingerprint density at radius 1 is 1.08 bits per heavy atom. The van der Waals surface area contributed by atoms with Gasteiger partial charge < -0.3 is 4.90 Å². The van der Waals surface area contributed by atoms with Crippen molar-refractivity contribution in [3.8, 4) is 0 Å². The third-order valence-electron chi connectivity index (χ3n) is 3.37. The van der Waals surface area contributed by atoms with Crippen LogP contribution in [-0.2, 0) is 0 Å². The fourth-order valence-corrected chi connectivity index (χ4v) is 2.72. The van der Waals surface area contributed by atoms with Crippen LogP contribution in [0.4, 0.5) is 5.69 Å². The van der Waals surface area contributed by atoms with Gasteiger partial charge in [-0.25, -0.2) is 0 Å². The van der Waals surface area contributed by atoms with Crippen molar-refractivity contribution in [1.82, 2.24) is 0 Å². The maximum atomic E-state index is 2.32. The quantitative estimate of drug-likeness (QED) is 0.579. The van der Waals surface area contributed by atoms with Crippen molar-refractivity contribution in [2.24, 2.45) is 0 Å². The molecule has 0 atom stereocenters. The van der Waals surface area contributed by atoms with Crippen LogP contribution in [0.3, 0.4) is 0 Å². The molecule has 3 heterocycles. The molecular formula is C11H14N+. The Morgan fingerprint density at radius 3 is 2.58 bits per heavy atom. The lowest BCUT2D eigenvalue weighted by atomic mass is 9.83. The number of fused-ring (bicyclic) bond motifs is 2. The summed E-state index contributed by atoms with van der Waals surface area (Å²) in [4.78, 5) is 1.72. The molecular weight excluding hydrogens is 146 g/mol. The van der Waals surface area contributed by atoms with Crippen LogP contribution in [0.5, 0.6) is 0 Å². The molecule has 1 N–H and O–H groups in total. The number of nitrogens with one attached hydrogen (secondary N) is 1. The highest BCUT2D eigenvalue weighted by molar-refractivity contribution is 5.44. The topological polar surface area (TPSA) is 4.44 Å². The van der Waals surface area contributed by atoms with Crippen LogP contribution in [0.25, 0.3) is 0 Å². The number of rotatable bonds is 0. The molecule has 12 heavy (non-hydrogen) atoms. The molecule has 0 radical (unpaired) electrons. The second-order valence-corrected chi connectivity index (χ2v) is 3.97. The van der Waals surface area contributed by atoms with Crippen molar-refractivity contribution in [3.63, 3.8) is 0 Å². The fourth-order valence-electron chi connectivity index (χ4n) is 2.72. The number of hydrogen-bond acceptors (Lipinski definition) is 0. The van der Waals surface area contributed by atoms with Gasteiger partial charge in [0.1, 0.15) is 5.69 Å². The van der Waals surface area contributed by atoms with Crippen molar-refractivity contribution in [2.45, 2.75) is 18.8 Å². The maximum Gasteiger partial charge on any atom is 0.134 e. The average Bonchev–Trinajstić information content (AvgIpc) is 2.20. The van der Waals surface area contributed by atoms with E-state index in [0.717, 1.165) is 5.92 Å². The van der Waals surface area contributed by atoms with Crippen molar-refractivity contribution < 1.29 is 4.90 Å². The zero-order chi connectivity index (χ0) is 7.97. The minimum absolute atomic E-state index is 0.888. The summed E-state index contributed by atoms with van der Waals surface area (Å²) in [7, 11) is 0. The van der Waals surface area contributed by atoms with Gasteiger partial charge in [-0.05, 0) is 6.07 Å². The first kappa shape index (κ1) is 6.67. The second-order valence-electron chi connectivity index (χ2n) is 3.97. The van der Waals surface area contributed by atoms with Crippen molar-refractivity contribution >= 4 is 5.69 Å². The van der Waals surface area contributed by atoms with Gasteiger partial charge in [-0.3, -0.25) is 0 Å². The summed E-state index contributed by atoms with van der Waals surface area (Å²) < 4.78 is 0. The number of piperidine rings is 1. The molecule has 1 nitrogen and oxygen atoms in total. The zero-order valence-electron chi connectivity index (χ0n) is 7.22. The molecule has 0 unspecified atom stereocenters. The van der Waals surface area contributed by atoms with Gasteiger partial charge in [-0.15, -0.1) is 0 Å². The first-order valence-corrected chi connectivity index (χ1v) is 4.89. The number of para-hydroxylation sites is 1. The van der Waals surface area contributed by atoms with Gasteiger partial charge in [-0.2, -0.15) is 0 Å². The van der Waals surface area contributed by atoms with Crippen molar-refractivity contribution in [1.29, 1.82) is 0 Å². The highest BCUT2D eigenvalue weighted by Gasteiger charge is 2.34. The van der Waals surface area contributed by atoms with Gasteiger partial charge in [0.15, 0.2) is 0 Å². The van der Waals surface area contributed by atoms with Crippen LogP contribution < -0.4 is 4.90 Å². The standard InChI is InChI=1S/C11H13N/c1-2-4-11-10(3-1)9-5-7-12(11)8-6-9/h1-4,9H,5-8H2/p+1. The van der Waals surface area contributed by atoms with Crippen LogP contribution in [0, 0.1) is 0 Å². The molecule has 1 saturated heterocycles. The molecule has 0 aliphatic carbocycles. The first-order chi connectivity index (χ1) is 5.95. The Balaban J connectivity index is 2.19. The first-order valence-electron chi connectivity index (χ1n) is 4.89. The van der Waals surface area contributed by atoms with E-state index < -0.39 is 0 Å². The Morgan fingerprint density at radius 2 is 1.83 bits per heavy atom. The van der Waals surface area contributed by atoms with Crippen LogP contribution in [0.1, 0.15) is 24.3 Å². The normalized spacial score (nSPS) is 31.7. The van der Waals surface area contributed by atoms with Crippen LogP contribution in [0.2, 0.25) is 0 Å². The Bertz CT molecular complexity index is 267. The number of quaternary nitrogens is 1. The smallest absolute Gasteiger partial charge is 0.134 e. The lowest BCUT2D eigenvalue weighted by molar-refractivity contribution is -0.844. The van der Waals surface area contributed by atoms with E-state index in [0.29, 0.717) is 0 Å². The van der Waals surface area contributed by atoms with Crippen molar-refractivity contribution in [2.75, 3.05) is 13.1 Å². The van der Waals surface area contributed by atoms with E-state index in [2.05, 4.69) is 24.3 Å². The van der Waals surface area contributed by atoms with Crippen LogP contribution in [0.15, 0.2) is 24.3 Å². The minimum Gasteiger partial charge on any atom is -0.302 e. The summed E-state index contributed by atoms with van der Waals surface area (Å²) in [5, 5.41) is 0. The molecule has 0 spiro atoms. The zero-order valence-corrected chi connectivity index (χ0v) is 7.22. The molecule has 62 valence electrons. The van der Waals surface area contributed by atoms with Gasteiger partial charge in [0.05, 0.1) is 13.1 Å².